The summed E-state index contributed by atoms with van der Waals surface area (Å²) in [5.74, 6) is -0.448. The molecule has 2 aliphatic rings. The predicted molar refractivity (Wildman–Crippen MR) is 113 cm³/mol. The molecule has 2 atom stereocenters. The molecule has 8 nitrogen and oxygen atoms in total. The Bertz CT molecular complexity index is 1080. The summed E-state index contributed by atoms with van der Waals surface area (Å²) in [6, 6.07) is 5.22. The lowest BCUT2D eigenvalue weighted by Crippen LogP contribution is -2.69. The average Bonchev–Trinajstić information content (AvgIpc) is 3.45. The first-order valence-electron chi connectivity index (χ1n) is 10.1. The number of carbonyl (C=O) groups excluding carboxylic acids is 2. The summed E-state index contributed by atoms with van der Waals surface area (Å²) in [6.07, 6.45) is 3.63. The Hall–Kier alpha value is -3.11. The van der Waals surface area contributed by atoms with Gasteiger partial charge in [-0.1, -0.05) is 0 Å². The van der Waals surface area contributed by atoms with Gasteiger partial charge in [0.1, 0.15) is 22.9 Å². The van der Waals surface area contributed by atoms with Gasteiger partial charge in [0.25, 0.3) is 0 Å². The fourth-order valence-corrected chi connectivity index (χ4v) is 4.93. The molecule has 10 heteroatoms. The second kappa shape index (κ2) is 8.20. The van der Waals surface area contributed by atoms with Gasteiger partial charge in [0.2, 0.25) is 11.8 Å². The molecule has 31 heavy (non-hydrogen) atoms. The lowest BCUT2D eigenvalue weighted by molar-refractivity contribution is -0.153. The Kier molecular flexibility index (Phi) is 5.24. The molecule has 2 amide bonds. The highest BCUT2D eigenvalue weighted by Crippen LogP contribution is 2.24. The summed E-state index contributed by atoms with van der Waals surface area (Å²) in [4.78, 5) is 41.1. The van der Waals surface area contributed by atoms with Crippen LogP contribution in [0.25, 0.3) is 11.3 Å². The number of amides is 2. The molecule has 0 aliphatic carbocycles. The number of imidazole rings is 1. The van der Waals surface area contributed by atoms with E-state index in [4.69, 9.17) is 0 Å². The number of aromatic nitrogens is 3. The van der Waals surface area contributed by atoms with E-state index in [1.165, 1.54) is 23.5 Å². The zero-order valence-electron chi connectivity index (χ0n) is 16.6. The third-order valence-corrected chi connectivity index (χ3v) is 6.53. The first kappa shape index (κ1) is 19.8. The van der Waals surface area contributed by atoms with Crippen molar-refractivity contribution in [2.75, 3.05) is 19.6 Å². The molecule has 2 N–H and O–H groups in total. The molecule has 1 aromatic carbocycles. The zero-order valence-corrected chi connectivity index (χ0v) is 17.4. The molecule has 0 saturated carbocycles. The number of fused-ring (bicyclic) bond motifs is 1. The van der Waals surface area contributed by atoms with E-state index in [0.717, 1.165) is 22.0 Å². The minimum Gasteiger partial charge on any atom is -0.348 e. The molecule has 3 aromatic rings. The van der Waals surface area contributed by atoms with Gasteiger partial charge in [0.15, 0.2) is 0 Å². The molecule has 0 bridgehead atoms. The van der Waals surface area contributed by atoms with Crippen molar-refractivity contribution in [3.8, 4) is 11.3 Å². The lowest BCUT2D eigenvalue weighted by Gasteiger charge is -2.45. The lowest BCUT2D eigenvalue weighted by atomic mass is 10.0. The Morgan fingerprint density at radius 3 is 2.81 bits per heavy atom. The second-order valence-electron chi connectivity index (χ2n) is 7.76. The van der Waals surface area contributed by atoms with Gasteiger partial charge >= 0.3 is 0 Å². The van der Waals surface area contributed by atoms with Crippen LogP contribution in [-0.2, 0) is 22.6 Å². The van der Waals surface area contributed by atoms with Crippen molar-refractivity contribution in [2.45, 2.75) is 25.0 Å². The number of aromatic amines is 1. The minimum atomic E-state index is -0.562. The van der Waals surface area contributed by atoms with Crippen LogP contribution in [0, 0.1) is 5.82 Å². The third-order valence-electron chi connectivity index (χ3n) is 5.69. The highest BCUT2D eigenvalue weighted by molar-refractivity contribution is 7.09. The van der Waals surface area contributed by atoms with Gasteiger partial charge in [-0.25, -0.2) is 14.4 Å². The topological polar surface area (TPSA) is 94.2 Å². The van der Waals surface area contributed by atoms with Gasteiger partial charge in [0.05, 0.1) is 18.6 Å². The summed E-state index contributed by atoms with van der Waals surface area (Å²) in [5, 5.41) is 5.75. The minimum absolute atomic E-state index is 0.0494. The standard InChI is InChI=1S/C21H21FN6O2S/c22-14-3-1-13(2-4-14)17-11-31-19(25-17)10-27-5-6-28-18(9-27)20(29)26-16(21(28)30)7-15-8-23-12-24-15/h1-4,8,11-12,16,18H,5-7,9-10H2,(H,23,24)(H,26,29)/t16-,18+/m0/s1. The normalized spacial score (nSPS) is 21.8. The summed E-state index contributed by atoms with van der Waals surface area (Å²) in [7, 11) is 0. The van der Waals surface area contributed by atoms with Gasteiger partial charge in [-0.3, -0.25) is 14.5 Å². The molecule has 2 fully saturated rings. The summed E-state index contributed by atoms with van der Waals surface area (Å²) in [5.41, 5.74) is 2.50. The molecule has 4 heterocycles. The Morgan fingerprint density at radius 1 is 1.19 bits per heavy atom. The van der Waals surface area contributed by atoms with Gasteiger partial charge in [0, 0.05) is 48.9 Å². The van der Waals surface area contributed by atoms with Crippen LogP contribution in [0.5, 0.6) is 0 Å². The van der Waals surface area contributed by atoms with Gasteiger partial charge in [-0.15, -0.1) is 11.3 Å². The summed E-state index contributed by atoms with van der Waals surface area (Å²) in [6.45, 7) is 2.26. The fraction of sp³-hybridized carbons (Fsp3) is 0.333. The highest BCUT2D eigenvalue weighted by atomic mass is 32.1. The molecule has 5 rings (SSSR count). The molecule has 2 aromatic heterocycles. The molecule has 160 valence electrons. The van der Waals surface area contributed by atoms with Gasteiger partial charge < -0.3 is 15.2 Å². The largest absolute Gasteiger partial charge is 0.348 e. The molecule has 0 radical (unpaired) electrons. The van der Waals surface area contributed by atoms with E-state index in [2.05, 4.69) is 25.2 Å². The number of thiazole rings is 1. The first-order chi connectivity index (χ1) is 15.1. The van der Waals surface area contributed by atoms with Crippen LogP contribution in [0.1, 0.15) is 10.7 Å². The van der Waals surface area contributed by atoms with E-state index >= 15 is 0 Å². The molecule has 2 aliphatic heterocycles. The number of carbonyl (C=O) groups is 2. The van der Waals surface area contributed by atoms with Crippen LogP contribution in [-0.4, -0.2) is 68.3 Å². The van der Waals surface area contributed by atoms with Crippen LogP contribution in [0.3, 0.4) is 0 Å². The Morgan fingerprint density at radius 2 is 2.03 bits per heavy atom. The number of rotatable bonds is 5. The first-order valence-corrected chi connectivity index (χ1v) is 11.0. The maximum absolute atomic E-state index is 13.1. The molecule has 0 unspecified atom stereocenters. The zero-order chi connectivity index (χ0) is 21.4. The smallest absolute Gasteiger partial charge is 0.246 e. The van der Waals surface area contributed by atoms with Crippen LogP contribution < -0.4 is 5.32 Å². The van der Waals surface area contributed by atoms with Crippen LogP contribution in [0.4, 0.5) is 4.39 Å². The van der Waals surface area contributed by atoms with Crippen LogP contribution >= 0.6 is 11.3 Å². The van der Waals surface area contributed by atoms with Crippen LogP contribution in [0.2, 0.25) is 0 Å². The molecular weight excluding hydrogens is 419 g/mol. The van der Waals surface area contributed by atoms with E-state index in [1.807, 2.05) is 5.38 Å². The number of benzene rings is 1. The monoisotopic (exact) mass is 440 g/mol. The highest BCUT2D eigenvalue weighted by Gasteiger charge is 2.43. The number of hydrogen-bond donors (Lipinski definition) is 2. The predicted octanol–water partition coefficient (Wildman–Crippen LogP) is 1.43. The number of nitrogens with one attached hydrogen (secondary N) is 2. The number of hydrogen-bond acceptors (Lipinski definition) is 6. The fourth-order valence-electron chi connectivity index (χ4n) is 4.08. The Labute approximate surface area is 182 Å². The van der Waals surface area contributed by atoms with Crippen LogP contribution in [0.15, 0.2) is 42.2 Å². The molecule has 2 saturated heterocycles. The number of halogens is 1. The molecule has 0 spiro atoms. The molecular formula is C21H21FN6O2S. The quantitative estimate of drug-likeness (QED) is 0.626. The average molecular weight is 441 g/mol. The third kappa shape index (κ3) is 4.08. The maximum atomic E-state index is 13.1. The van der Waals surface area contributed by atoms with E-state index in [1.54, 1.807) is 29.6 Å². The van der Waals surface area contributed by atoms with E-state index in [0.29, 0.717) is 32.6 Å². The van der Waals surface area contributed by atoms with Crippen molar-refractivity contribution in [2.24, 2.45) is 0 Å². The maximum Gasteiger partial charge on any atom is 0.246 e. The second-order valence-corrected chi connectivity index (χ2v) is 8.70. The number of nitrogens with zero attached hydrogens (tertiary/aromatic N) is 4. The SMILES string of the molecule is O=C1N[C@@H](Cc2cnc[nH]2)C(=O)N2CCN(Cc3nc(-c4ccc(F)cc4)cs3)C[C@H]12. The van der Waals surface area contributed by atoms with Crippen molar-refractivity contribution in [3.05, 3.63) is 58.7 Å². The number of piperazine rings is 2. The summed E-state index contributed by atoms with van der Waals surface area (Å²) < 4.78 is 13.1. The van der Waals surface area contributed by atoms with Crippen molar-refractivity contribution in [1.82, 2.24) is 30.1 Å². The van der Waals surface area contributed by atoms with Crippen molar-refractivity contribution in [1.29, 1.82) is 0 Å². The Balaban J connectivity index is 1.23. The van der Waals surface area contributed by atoms with Crippen molar-refractivity contribution >= 4 is 23.2 Å². The van der Waals surface area contributed by atoms with Crippen molar-refractivity contribution in [3.63, 3.8) is 0 Å². The summed E-state index contributed by atoms with van der Waals surface area (Å²) >= 11 is 1.54. The van der Waals surface area contributed by atoms with Crippen molar-refractivity contribution < 1.29 is 14.0 Å². The van der Waals surface area contributed by atoms with E-state index in [-0.39, 0.29) is 17.6 Å². The van der Waals surface area contributed by atoms with E-state index in [9.17, 15) is 14.0 Å². The van der Waals surface area contributed by atoms with Gasteiger partial charge in [-0.05, 0) is 24.3 Å². The van der Waals surface area contributed by atoms with E-state index < -0.39 is 12.1 Å². The number of H-pyrrole nitrogens is 1. The van der Waals surface area contributed by atoms with Gasteiger partial charge in [-0.2, -0.15) is 0 Å².